The van der Waals surface area contributed by atoms with E-state index in [1.54, 1.807) is 0 Å². The summed E-state index contributed by atoms with van der Waals surface area (Å²) in [5.41, 5.74) is 5.43. The van der Waals surface area contributed by atoms with Crippen LogP contribution < -0.4 is 0 Å². The Balaban J connectivity index is 0.000000171. The van der Waals surface area contributed by atoms with Gasteiger partial charge < -0.3 is 0 Å². The fourth-order valence-electron chi connectivity index (χ4n) is 1.46. The highest BCUT2D eigenvalue weighted by molar-refractivity contribution is 5.28. The third-order valence-electron chi connectivity index (χ3n) is 2.67. The molecule has 2 rings (SSSR count). The summed E-state index contributed by atoms with van der Waals surface area (Å²) in [7, 11) is 0. The molecule has 1 aromatic carbocycles. The van der Waals surface area contributed by atoms with Crippen LogP contribution in [0.25, 0.3) is 0 Å². The summed E-state index contributed by atoms with van der Waals surface area (Å²) in [4.78, 5) is 0. The van der Waals surface area contributed by atoms with E-state index in [4.69, 9.17) is 0 Å². The van der Waals surface area contributed by atoms with Crippen LogP contribution in [-0.2, 0) is 0 Å². The second kappa shape index (κ2) is 6.90. The van der Waals surface area contributed by atoms with Gasteiger partial charge in [0, 0.05) is 0 Å². The molecule has 0 spiro atoms. The summed E-state index contributed by atoms with van der Waals surface area (Å²) < 4.78 is 0. The summed E-state index contributed by atoms with van der Waals surface area (Å²) in [5, 5.41) is 0. The Hall–Kier alpha value is -1.56. The molecule has 0 radical (unpaired) electrons. The van der Waals surface area contributed by atoms with Gasteiger partial charge in [-0.05, 0) is 34.1 Å². The molecule has 0 heterocycles. The van der Waals surface area contributed by atoms with Gasteiger partial charge in [0.1, 0.15) is 0 Å². The van der Waals surface area contributed by atoms with Gasteiger partial charge in [0.25, 0.3) is 0 Å². The van der Waals surface area contributed by atoms with Crippen LogP contribution in [0.15, 0.2) is 59.7 Å². The van der Waals surface area contributed by atoms with Gasteiger partial charge in [0.15, 0.2) is 0 Å². The van der Waals surface area contributed by atoms with Crippen LogP contribution in [0.1, 0.15) is 31.4 Å². The molecule has 90 valence electrons. The summed E-state index contributed by atoms with van der Waals surface area (Å²) in [6.45, 7) is 8.46. The molecular weight excluding hydrogens is 204 g/mol. The number of hydrogen-bond donors (Lipinski definition) is 0. The number of benzene rings is 1. The molecule has 0 atom stereocenters. The number of allylic oxidation sites excluding steroid dienone is 6. The smallest absolute Gasteiger partial charge is 0.0135 e. The van der Waals surface area contributed by atoms with E-state index in [1.165, 1.54) is 22.3 Å². The Morgan fingerprint density at radius 1 is 0.765 bits per heavy atom. The van der Waals surface area contributed by atoms with E-state index in [9.17, 15) is 0 Å². The van der Waals surface area contributed by atoms with Crippen LogP contribution >= 0.6 is 0 Å². The zero-order valence-corrected chi connectivity index (χ0v) is 11.3. The zero-order chi connectivity index (χ0) is 12.7. The Morgan fingerprint density at radius 2 is 1.29 bits per heavy atom. The molecule has 1 aromatic rings. The number of aryl methyl sites for hydroxylation is 2. The number of rotatable bonds is 0. The lowest BCUT2D eigenvalue weighted by molar-refractivity contribution is 1.22. The van der Waals surface area contributed by atoms with E-state index >= 15 is 0 Å². The maximum atomic E-state index is 2.20. The van der Waals surface area contributed by atoms with E-state index < -0.39 is 0 Å². The Bertz CT molecular complexity index is 407. The number of hydrogen-bond acceptors (Lipinski definition) is 0. The van der Waals surface area contributed by atoms with Crippen molar-refractivity contribution >= 4 is 0 Å². The highest BCUT2D eigenvalue weighted by Crippen LogP contribution is 2.08. The molecular formula is C17H22. The SMILES string of the molecule is CC1=CC=C(C)CC=C1.Cc1ccc(C)cc1. The van der Waals surface area contributed by atoms with Gasteiger partial charge >= 0.3 is 0 Å². The molecule has 0 saturated carbocycles. The first-order valence-electron chi connectivity index (χ1n) is 6.12. The highest BCUT2D eigenvalue weighted by atomic mass is 13.9. The van der Waals surface area contributed by atoms with Gasteiger partial charge in [-0.25, -0.2) is 0 Å². The normalized spacial score (nSPS) is 14.1. The van der Waals surface area contributed by atoms with Crippen LogP contribution in [0, 0.1) is 13.8 Å². The Morgan fingerprint density at radius 3 is 1.82 bits per heavy atom. The summed E-state index contributed by atoms with van der Waals surface area (Å²) in [6, 6.07) is 8.48. The average Bonchev–Trinajstić information content (AvgIpc) is 2.49. The molecule has 1 aliphatic rings. The van der Waals surface area contributed by atoms with Crippen molar-refractivity contribution in [3.8, 4) is 0 Å². The van der Waals surface area contributed by atoms with E-state index in [-0.39, 0.29) is 0 Å². The van der Waals surface area contributed by atoms with E-state index in [2.05, 4.69) is 76.3 Å². The molecule has 0 bridgehead atoms. The molecule has 0 saturated heterocycles. The molecule has 0 amide bonds. The minimum atomic E-state index is 1.10. The molecule has 17 heavy (non-hydrogen) atoms. The van der Waals surface area contributed by atoms with Crippen LogP contribution in [0.2, 0.25) is 0 Å². The average molecular weight is 226 g/mol. The predicted molar refractivity (Wildman–Crippen MR) is 77.2 cm³/mol. The molecule has 0 heteroatoms. The van der Waals surface area contributed by atoms with Gasteiger partial charge in [0.2, 0.25) is 0 Å². The first kappa shape index (κ1) is 13.5. The molecule has 0 N–H and O–H groups in total. The Kier molecular flexibility index (Phi) is 5.48. The summed E-state index contributed by atoms with van der Waals surface area (Å²) >= 11 is 0. The maximum absolute atomic E-state index is 2.20. The second-order valence-corrected chi connectivity index (χ2v) is 4.68. The van der Waals surface area contributed by atoms with Gasteiger partial charge in [-0.1, -0.05) is 70.8 Å². The third kappa shape index (κ3) is 5.91. The molecule has 1 aliphatic carbocycles. The summed E-state index contributed by atoms with van der Waals surface area (Å²) in [6.07, 6.45) is 9.79. The molecule has 0 fully saturated rings. The van der Waals surface area contributed by atoms with Crippen molar-refractivity contribution < 1.29 is 0 Å². The van der Waals surface area contributed by atoms with Gasteiger partial charge in [-0.3, -0.25) is 0 Å². The van der Waals surface area contributed by atoms with Crippen LogP contribution in [0.5, 0.6) is 0 Å². The van der Waals surface area contributed by atoms with Crippen molar-refractivity contribution in [1.82, 2.24) is 0 Å². The van der Waals surface area contributed by atoms with Crippen LogP contribution in [0.4, 0.5) is 0 Å². The van der Waals surface area contributed by atoms with Gasteiger partial charge in [-0.15, -0.1) is 0 Å². The lowest BCUT2D eigenvalue weighted by Gasteiger charge is -1.90. The van der Waals surface area contributed by atoms with Crippen molar-refractivity contribution in [2.75, 3.05) is 0 Å². The minimum Gasteiger partial charge on any atom is -0.0802 e. The fourth-order valence-corrected chi connectivity index (χ4v) is 1.46. The zero-order valence-electron chi connectivity index (χ0n) is 11.3. The van der Waals surface area contributed by atoms with Gasteiger partial charge in [-0.2, -0.15) is 0 Å². The van der Waals surface area contributed by atoms with E-state index in [0.29, 0.717) is 0 Å². The molecule has 0 unspecified atom stereocenters. The lowest BCUT2D eigenvalue weighted by atomic mass is 10.2. The van der Waals surface area contributed by atoms with Crippen molar-refractivity contribution in [3.63, 3.8) is 0 Å². The van der Waals surface area contributed by atoms with Crippen molar-refractivity contribution in [1.29, 1.82) is 0 Å². The second-order valence-electron chi connectivity index (χ2n) is 4.68. The van der Waals surface area contributed by atoms with Crippen molar-refractivity contribution in [2.45, 2.75) is 34.1 Å². The van der Waals surface area contributed by atoms with Gasteiger partial charge in [0.05, 0.1) is 0 Å². The largest absolute Gasteiger partial charge is 0.0802 e. The van der Waals surface area contributed by atoms with E-state index in [1.807, 2.05) is 0 Å². The van der Waals surface area contributed by atoms with Crippen LogP contribution in [-0.4, -0.2) is 0 Å². The van der Waals surface area contributed by atoms with Crippen molar-refractivity contribution in [3.05, 3.63) is 70.8 Å². The maximum Gasteiger partial charge on any atom is -0.0135 e. The minimum absolute atomic E-state index is 1.10. The van der Waals surface area contributed by atoms with Crippen molar-refractivity contribution in [2.24, 2.45) is 0 Å². The topological polar surface area (TPSA) is 0 Å². The first-order valence-corrected chi connectivity index (χ1v) is 6.12. The van der Waals surface area contributed by atoms with Crippen LogP contribution in [0.3, 0.4) is 0 Å². The highest BCUT2D eigenvalue weighted by Gasteiger charge is 1.88. The summed E-state index contributed by atoms with van der Waals surface area (Å²) in [5.74, 6) is 0. The molecule has 0 aliphatic heterocycles. The monoisotopic (exact) mass is 226 g/mol. The Labute approximate surface area is 105 Å². The quantitative estimate of drug-likeness (QED) is 0.574. The predicted octanol–water partition coefficient (Wildman–Crippen LogP) is 5.14. The third-order valence-corrected chi connectivity index (χ3v) is 2.67. The lowest BCUT2D eigenvalue weighted by Crippen LogP contribution is -1.70. The molecule has 0 aromatic heterocycles. The van der Waals surface area contributed by atoms with E-state index in [0.717, 1.165) is 6.42 Å². The molecule has 0 nitrogen and oxygen atoms in total. The first-order chi connectivity index (χ1) is 8.08. The fraction of sp³-hybridized carbons (Fsp3) is 0.294. The standard InChI is InChI=1S/C9H12.C8H10/c1-8-4-3-5-9(2)7-6-8;1-7-3-5-8(2)6-4-7/h3-4,6-7H,5H2,1-2H3;3-6H,1-2H3.